The smallest absolute Gasteiger partial charge is 0.0158 e. The Morgan fingerprint density at radius 1 is 1.13 bits per heavy atom. The van der Waals surface area contributed by atoms with Crippen LogP contribution in [0.15, 0.2) is 0 Å². The number of unbranched alkanes of at least 4 members (excludes halogenated alkanes) is 1. The van der Waals surface area contributed by atoms with Gasteiger partial charge in [-0.3, -0.25) is 0 Å². The zero-order valence-corrected chi connectivity index (χ0v) is 12.0. The molecule has 0 aliphatic rings. The summed E-state index contributed by atoms with van der Waals surface area (Å²) in [5, 5.41) is 3.66. The van der Waals surface area contributed by atoms with E-state index in [1.54, 1.807) is 0 Å². The summed E-state index contributed by atoms with van der Waals surface area (Å²) in [7, 11) is 0. The quantitative estimate of drug-likeness (QED) is 0.675. The maximum Gasteiger partial charge on any atom is 0.0158 e. The van der Waals surface area contributed by atoms with Gasteiger partial charge in [-0.2, -0.15) is 11.8 Å². The average Bonchev–Trinajstić information content (AvgIpc) is 2.15. The Morgan fingerprint density at radius 2 is 1.80 bits per heavy atom. The van der Waals surface area contributed by atoms with Crippen LogP contribution < -0.4 is 5.32 Å². The maximum atomic E-state index is 3.66. The molecular formula is C13H29NS. The minimum absolute atomic E-state index is 0.401. The molecule has 0 rings (SSSR count). The van der Waals surface area contributed by atoms with E-state index in [-0.39, 0.29) is 0 Å². The molecule has 0 aromatic rings. The van der Waals surface area contributed by atoms with Gasteiger partial charge in [0.2, 0.25) is 0 Å². The van der Waals surface area contributed by atoms with Crippen molar-refractivity contribution >= 4 is 11.8 Å². The van der Waals surface area contributed by atoms with Gasteiger partial charge in [0.1, 0.15) is 0 Å². The van der Waals surface area contributed by atoms with Gasteiger partial charge in [0.05, 0.1) is 0 Å². The molecule has 0 bridgehead atoms. The summed E-state index contributed by atoms with van der Waals surface area (Å²) in [4.78, 5) is 0. The summed E-state index contributed by atoms with van der Waals surface area (Å²) >= 11 is 2.08. The molecular weight excluding hydrogens is 202 g/mol. The summed E-state index contributed by atoms with van der Waals surface area (Å²) in [5.41, 5.74) is 0. The van der Waals surface area contributed by atoms with Gasteiger partial charge in [-0.05, 0) is 19.4 Å². The fraction of sp³-hybridized carbons (Fsp3) is 1.00. The van der Waals surface area contributed by atoms with Crippen LogP contribution in [0.3, 0.4) is 0 Å². The van der Waals surface area contributed by atoms with Crippen LogP contribution in [0.1, 0.15) is 60.3 Å². The molecule has 1 unspecified atom stereocenters. The highest BCUT2D eigenvalue weighted by atomic mass is 32.2. The van der Waals surface area contributed by atoms with Gasteiger partial charge in [0.25, 0.3) is 0 Å². The number of rotatable bonds is 8. The van der Waals surface area contributed by atoms with Crippen molar-refractivity contribution in [2.75, 3.05) is 12.3 Å². The van der Waals surface area contributed by atoms with Gasteiger partial charge < -0.3 is 5.32 Å². The predicted molar refractivity (Wildman–Crippen MR) is 73.8 cm³/mol. The van der Waals surface area contributed by atoms with E-state index in [9.17, 15) is 0 Å². The highest BCUT2D eigenvalue weighted by Gasteiger charge is 2.14. The van der Waals surface area contributed by atoms with Crippen molar-refractivity contribution in [3.8, 4) is 0 Å². The fourth-order valence-corrected chi connectivity index (χ4v) is 2.38. The molecule has 0 aromatic carbocycles. The highest BCUT2D eigenvalue weighted by molar-refractivity contribution is 8.00. The summed E-state index contributed by atoms with van der Waals surface area (Å²) in [5.74, 6) is 1.25. The first kappa shape index (κ1) is 15.3. The van der Waals surface area contributed by atoms with E-state index in [0.29, 0.717) is 10.8 Å². The Morgan fingerprint density at radius 3 is 2.27 bits per heavy atom. The monoisotopic (exact) mass is 231 g/mol. The van der Waals surface area contributed by atoms with E-state index in [1.165, 1.54) is 38.0 Å². The second kappa shape index (κ2) is 8.46. The van der Waals surface area contributed by atoms with Crippen LogP contribution in [0.2, 0.25) is 0 Å². The predicted octanol–water partition coefficient (Wildman–Crippen LogP) is 4.08. The molecule has 0 heterocycles. The van der Waals surface area contributed by atoms with Gasteiger partial charge in [0.15, 0.2) is 0 Å². The molecule has 0 saturated carbocycles. The molecule has 15 heavy (non-hydrogen) atoms. The zero-order valence-electron chi connectivity index (χ0n) is 11.2. The van der Waals surface area contributed by atoms with Gasteiger partial charge in [-0.1, -0.05) is 47.5 Å². The van der Waals surface area contributed by atoms with Crippen molar-refractivity contribution in [2.24, 2.45) is 0 Å². The van der Waals surface area contributed by atoms with E-state index < -0.39 is 0 Å². The van der Waals surface area contributed by atoms with E-state index in [2.05, 4.69) is 51.7 Å². The first-order valence-electron chi connectivity index (χ1n) is 6.37. The summed E-state index contributed by atoms with van der Waals surface area (Å²) < 4.78 is 0.401. The molecule has 1 atom stereocenters. The van der Waals surface area contributed by atoms with Gasteiger partial charge >= 0.3 is 0 Å². The maximum absolute atomic E-state index is 3.66. The van der Waals surface area contributed by atoms with Crippen LogP contribution in [0.4, 0.5) is 0 Å². The van der Waals surface area contributed by atoms with Crippen LogP contribution in [0, 0.1) is 0 Å². The number of hydrogen-bond donors (Lipinski definition) is 1. The highest BCUT2D eigenvalue weighted by Crippen LogP contribution is 2.24. The van der Waals surface area contributed by atoms with Crippen LogP contribution in [-0.2, 0) is 0 Å². The minimum atomic E-state index is 0.401. The summed E-state index contributed by atoms with van der Waals surface area (Å²) in [6.07, 6.45) is 5.24. The Hall–Kier alpha value is 0.310. The lowest BCUT2D eigenvalue weighted by atomic mass is 10.1. The third kappa shape index (κ3) is 10.6. The summed E-state index contributed by atoms with van der Waals surface area (Å²) in [6.45, 7) is 12.6. The molecule has 1 N–H and O–H groups in total. The van der Waals surface area contributed by atoms with Crippen LogP contribution >= 0.6 is 11.8 Å². The topological polar surface area (TPSA) is 12.0 Å². The minimum Gasteiger partial charge on any atom is -0.313 e. The Bertz CT molecular complexity index is 132. The second-order valence-corrected chi connectivity index (χ2v) is 7.06. The zero-order chi connectivity index (χ0) is 11.7. The van der Waals surface area contributed by atoms with Crippen LogP contribution in [0.5, 0.6) is 0 Å². The lowest BCUT2D eigenvalue weighted by Crippen LogP contribution is -2.33. The molecule has 0 aliphatic heterocycles. The average molecular weight is 231 g/mol. The van der Waals surface area contributed by atoms with Crippen molar-refractivity contribution in [2.45, 2.75) is 71.1 Å². The molecule has 0 aliphatic carbocycles. The van der Waals surface area contributed by atoms with Crippen molar-refractivity contribution in [3.63, 3.8) is 0 Å². The van der Waals surface area contributed by atoms with Gasteiger partial charge in [-0.15, -0.1) is 0 Å². The SMILES string of the molecule is CCCCC(CSC(C)(C)C)NCCC. The van der Waals surface area contributed by atoms with E-state index >= 15 is 0 Å². The molecule has 2 heteroatoms. The second-order valence-electron chi connectivity index (χ2n) is 5.22. The van der Waals surface area contributed by atoms with Gasteiger partial charge in [0, 0.05) is 16.5 Å². The van der Waals surface area contributed by atoms with Gasteiger partial charge in [-0.25, -0.2) is 0 Å². The van der Waals surface area contributed by atoms with Crippen LogP contribution in [0.25, 0.3) is 0 Å². The molecule has 0 radical (unpaired) electrons. The lowest BCUT2D eigenvalue weighted by Gasteiger charge is -2.23. The Labute approximate surface area is 101 Å². The first-order chi connectivity index (χ1) is 6.99. The number of nitrogens with one attached hydrogen (secondary N) is 1. The molecule has 1 nitrogen and oxygen atoms in total. The Balaban J connectivity index is 3.78. The molecule has 92 valence electrons. The summed E-state index contributed by atoms with van der Waals surface area (Å²) in [6, 6.07) is 0.717. The normalized spacial score (nSPS) is 14.2. The third-order valence-electron chi connectivity index (χ3n) is 2.31. The standard InChI is InChI=1S/C13H29NS/c1-6-8-9-12(14-10-7-2)11-15-13(3,4)5/h12,14H,6-11H2,1-5H3. The number of thioether (sulfide) groups is 1. The van der Waals surface area contributed by atoms with Crippen molar-refractivity contribution in [1.82, 2.24) is 5.32 Å². The molecule has 0 spiro atoms. The fourth-order valence-electron chi connectivity index (χ4n) is 1.39. The van der Waals surface area contributed by atoms with Crippen molar-refractivity contribution in [3.05, 3.63) is 0 Å². The Kier molecular flexibility index (Phi) is 8.64. The van der Waals surface area contributed by atoms with E-state index in [0.717, 1.165) is 0 Å². The van der Waals surface area contributed by atoms with Crippen molar-refractivity contribution < 1.29 is 0 Å². The molecule has 0 fully saturated rings. The van der Waals surface area contributed by atoms with Crippen LogP contribution in [-0.4, -0.2) is 23.1 Å². The number of hydrogen-bond acceptors (Lipinski definition) is 2. The molecule has 0 aromatic heterocycles. The molecule has 0 saturated heterocycles. The third-order valence-corrected chi connectivity index (χ3v) is 3.74. The van der Waals surface area contributed by atoms with E-state index in [4.69, 9.17) is 0 Å². The van der Waals surface area contributed by atoms with E-state index in [1.807, 2.05) is 0 Å². The molecule has 0 amide bonds. The largest absolute Gasteiger partial charge is 0.313 e. The van der Waals surface area contributed by atoms with Crippen molar-refractivity contribution in [1.29, 1.82) is 0 Å². The first-order valence-corrected chi connectivity index (χ1v) is 7.35. The lowest BCUT2D eigenvalue weighted by molar-refractivity contribution is 0.500.